The van der Waals surface area contributed by atoms with E-state index in [0.29, 0.717) is 22.2 Å². The number of thioether (sulfide) groups is 1. The molecule has 1 aromatic heterocycles. The SMILES string of the molecule is CSc1nc(-c2cccc(OC(C)(C)C)c2)c(C#N)c(=O)[nH]1. The van der Waals surface area contributed by atoms with E-state index in [1.165, 1.54) is 11.8 Å². The Balaban J connectivity index is 2.57. The molecule has 0 unspecified atom stereocenters. The zero-order valence-corrected chi connectivity index (χ0v) is 13.7. The maximum atomic E-state index is 12.0. The van der Waals surface area contributed by atoms with E-state index in [9.17, 15) is 10.1 Å². The predicted octanol–water partition coefficient (Wildman–Crippen LogP) is 3.21. The normalized spacial score (nSPS) is 11.0. The highest BCUT2D eigenvalue weighted by Crippen LogP contribution is 2.26. The fourth-order valence-corrected chi connectivity index (χ4v) is 2.30. The summed E-state index contributed by atoms with van der Waals surface area (Å²) in [7, 11) is 0. The molecule has 0 aliphatic carbocycles. The third-order valence-electron chi connectivity index (χ3n) is 2.73. The minimum atomic E-state index is -0.431. The molecule has 0 bridgehead atoms. The molecule has 0 atom stereocenters. The maximum absolute atomic E-state index is 12.0. The minimum Gasteiger partial charge on any atom is -0.488 e. The van der Waals surface area contributed by atoms with Crippen molar-refractivity contribution < 1.29 is 4.74 Å². The highest BCUT2D eigenvalue weighted by Gasteiger charge is 2.16. The number of benzene rings is 1. The molecule has 0 aliphatic rings. The van der Waals surface area contributed by atoms with Crippen LogP contribution in [0.25, 0.3) is 11.3 Å². The fourth-order valence-electron chi connectivity index (χ4n) is 1.92. The molecular formula is C16H17N3O2S. The summed E-state index contributed by atoms with van der Waals surface area (Å²) in [4.78, 5) is 18.9. The van der Waals surface area contributed by atoms with Gasteiger partial charge in [0.2, 0.25) is 0 Å². The molecule has 114 valence electrons. The predicted molar refractivity (Wildman–Crippen MR) is 87.2 cm³/mol. The van der Waals surface area contributed by atoms with Gasteiger partial charge >= 0.3 is 0 Å². The van der Waals surface area contributed by atoms with E-state index in [1.54, 1.807) is 6.07 Å². The van der Waals surface area contributed by atoms with E-state index < -0.39 is 5.56 Å². The van der Waals surface area contributed by atoms with Crippen LogP contribution in [0.1, 0.15) is 26.3 Å². The van der Waals surface area contributed by atoms with Crippen molar-refractivity contribution in [3.05, 3.63) is 40.2 Å². The van der Waals surface area contributed by atoms with Crippen LogP contribution in [-0.2, 0) is 0 Å². The molecule has 0 aliphatic heterocycles. The summed E-state index contributed by atoms with van der Waals surface area (Å²) in [5.74, 6) is 0.668. The number of rotatable bonds is 3. The number of ether oxygens (including phenoxy) is 1. The van der Waals surface area contributed by atoms with Crippen molar-refractivity contribution in [3.63, 3.8) is 0 Å². The van der Waals surface area contributed by atoms with Gasteiger partial charge in [-0.05, 0) is 39.2 Å². The zero-order chi connectivity index (χ0) is 16.3. The Labute approximate surface area is 133 Å². The van der Waals surface area contributed by atoms with Crippen molar-refractivity contribution in [2.75, 3.05) is 6.26 Å². The van der Waals surface area contributed by atoms with Gasteiger partial charge in [0, 0.05) is 5.56 Å². The Hall–Kier alpha value is -2.26. The monoisotopic (exact) mass is 315 g/mol. The smallest absolute Gasteiger partial charge is 0.270 e. The van der Waals surface area contributed by atoms with Crippen molar-refractivity contribution in [1.29, 1.82) is 5.26 Å². The molecule has 1 aromatic carbocycles. The Kier molecular flexibility index (Phi) is 4.57. The summed E-state index contributed by atoms with van der Waals surface area (Å²) in [6, 6.07) is 9.18. The minimum absolute atomic E-state index is 0.00529. The topological polar surface area (TPSA) is 78.8 Å². The number of hydrogen-bond donors (Lipinski definition) is 1. The van der Waals surface area contributed by atoms with Crippen molar-refractivity contribution in [2.45, 2.75) is 31.5 Å². The van der Waals surface area contributed by atoms with Gasteiger partial charge in [0.05, 0.1) is 5.69 Å². The molecule has 2 aromatic rings. The quantitative estimate of drug-likeness (QED) is 0.695. The van der Waals surface area contributed by atoms with Gasteiger partial charge in [-0.15, -0.1) is 0 Å². The molecule has 0 radical (unpaired) electrons. The van der Waals surface area contributed by atoms with E-state index in [0.717, 1.165) is 0 Å². The maximum Gasteiger partial charge on any atom is 0.270 e. The zero-order valence-electron chi connectivity index (χ0n) is 12.9. The van der Waals surface area contributed by atoms with E-state index in [4.69, 9.17) is 4.74 Å². The third-order valence-corrected chi connectivity index (χ3v) is 3.31. The molecule has 0 spiro atoms. The van der Waals surface area contributed by atoms with E-state index in [1.807, 2.05) is 51.3 Å². The number of nitrogens with one attached hydrogen (secondary N) is 1. The van der Waals surface area contributed by atoms with Crippen LogP contribution in [0.3, 0.4) is 0 Å². The Bertz CT molecular complexity index is 785. The van der Waals surface area contributed by atoms with Gasteiger partial charge in [-0.2, -0.15) is 5.26 Å². The average molecular weight is 315 g/mol. The standard InChI is InChI=1S/C16H17N3O2S/c1-16(2,3)21-11-7-5-6-10(8-11)13-12(9-17)14(20)19-15(18-13)22-4/h5-8H,1-4H3,(H,18,19,20). The van der Waals surface area contributed by atoms with Crippen LogP contribution in [-0.4, -0.2) is 21.8 Å². The van der Waals surface area contributed by atoms with Crippen LogP contribution < -0.4 is 10.3 Å². The van der Waals surface area contributed by atoms with Crippen molar-refractivity contribution in [3.8, 4) is 23.1 Å². The van der Waals surface area contributed by atoms with Crippen molar-refractivity contribution in [1.82, 2.24) is 9.97 Å². The molecule has 0 fully saturated rings. The first-order valence-corrected chi connectivity index (χ1v) is 7.94. The van der Waals surface area contributed by atoms with Crippen LogP contribution in [0.15, 0.2) is 34.2 Å². The van der Waals surface area contributed by atoms with E-state index in [-0.39, 0.29) is 11.2 Å². The molecule has 1 heterocycles. The molecule has 22 heavy (non-hydrogen) atoms. The van der Waals surface area contributed by atoms with Gasteiger partial charge in [-0.25, -0.2) is 4.98 Å². The molecule has 0 saturated carbocycles. The lowest BCUT2D eigenvalue weighted by Gasteiger charge is -2.21. The Morgan fingerprint density at radius 2 is 2.09 bits per heavy atom. The second-order valence-electron chi connectivity index (χ2n) is 5.65. The summed E-state index contributed by atoms with van der Waals surface area (Å²) >= 11 is 1.32. The van der Waals surface area contributed by atoms with E-state index >= 15 is 0 Å². The first-order valence-electron chi connectivity index (χ1n) is 6.72. The number of nitriles is 1. The lowest BCUT2D eigenvalue weighted by Crippen LogP contribution is -2.22. The van der Waals surface area contributed by atoms with Crippen LogP contribution in [0.2, 0.25) is 0 Å². The van der Waals surface area contributed by atoms with Gasteiger partial charge < -0.3 is 9.72 Å². The molecule has 1 N–H and O–H groups in total. The van der Waals surface area contributed by atoms with Gasteiger partial charge in [0.1, 0.15) is 23.0 Å². The largest absolute Gasteiger partial charge is 0.488 e. The summed E-state index contributed by atoms with van der Waals surface area (Å²) in [6.45, 7) is 5.87. The van der Waals surface area contributed by atoms with Crippen LogP contribution in [0, 0.1) is 11.3 Å². The molecule has 0 amide bonds. The van der Waals surface area contributed by atoms with Crippen molar-refractivity contribution >= 4 is 11.8 Å². The van der Waals surface area contributed by atoms with Crippen LogP contribution in [0.5, 0.6) is 5.75 Å². The Morgan fingerprint density at radius 3 is 2.68 bits per heavy atom. The Morgan fingerprint density at radius 1 is 1.36 bits per heavy atom. The first-order chi connectivity index (χ1) is 10.3. The molecular weight excluding hydrogens is 298 g/mol. The number of aromatic amines is 1. The molecule has 5 nitrogen and oxygen atoms in total. The number of hydrogen-bond acceptors (Lipinski definition) is 5. The molecule has 2 rings (SSSR count). The second kappa shape index (κ2) is 6.24. The summed E-state index contributed by atoms with van der Waals surface area (Å²) in [5, 5.41) is 9.71. The lowest BCUT2D eigenvalue weighted by molar-refractivity contribution is 0.131. The third kappa shape index (κ3) is 3.68. The van der Waals surface area contributed by atoms with Gasteiger partial charge in [0.15, 0.2) is 5.16 Å². The van der Waals surface area contributed by atoms with Crippen molar-refractivity contribution in [2.24, 2.45) is 0 Å². The summed E-state index contributed by atoms with van der Waals surface area (Å²) < 4.78 is 5.82. The second-order valence-corrected chi connectivity index (χ2v) is 6.45. The average Bonchev–Trinajstić information content (AvgIpc) is 2.44. The summed E-state index contributed by atoms with van der Waals surface area (Å²) in [5.41, 5.74) is 0.294. The van der Waals surface area contributed by atoms with Crippen LogP contribution >= 0.6 is 11.8 Å². The van der Waals surface area contributed by atoms with Crippen LogP contribution in [0.4, 0.5) is 0 Å². The fraction of sp³-hybridized carbons (Fsp3) is 0.312. The molecule has 6 heteroatoms. The number of aromatic nitrogens is 2. The molecule has 0 saturated heterocycles. The van der Waals surface area contributed by atoms with E-state index in [2.05, 4.69) is 9.97 Å². The van der Waals surface area contributed by atoms with Gasteiger partial charge in [-0.3, -0.25) is 4.79 Å². The number of H-pyrrole nitrogens is 1. The lowest BCUT2D eigenvalue weighted by atomic mass is 10.1. The highest BCUT2D eigenvalue weighted by atomic mass is 32.2. The van der Waals surface area contributed by atoms with Gasteiger partial charge in [0.25, 0.3) is 5.56 Å². The highest BCUT2D eigenvalue weighted by molar-refractivity contribution is 7.98. The summed E-state index contributed by atoms with van der Waals surface area (Å²) in [6.07, 6.45) is 1.81. The van der Waals surface area contributed by atoms with Gasteiger partial charge in [-0.1, -0.05) is 23.9 Å². The first kappa shape index (κ1) is 16.1. The number of nitrogens with zero attached hydrogens (tertiary/aromatic N) is 2.